The number of carboxylic acid groups (broad SMARTS) is 1. The highest BCUT2D eigenvalue weighted by Crippen LogP contribution is 2.04. The van der Waals surface area contributed by atoms with E-state index >= 15 is 0 Å². The van der Waals surface area contributed by atoms with Crippen molar-refractivity contribution in [3.05, 3.63) is 42.0 Å². The molecule has 3 heteroatoms. The molecular weight excluding hydrogens is 204 g/mol. The van der Waals surface area contributed by atoms with Crippen LogP contribution in [0.4, 0.5) is 0 Å². The van der Waals surface area contributed by atoms with Gasteiger partial charge in [-0.15, -0.1) is 0 Å². The maximum absolute atomic E-state index is 10.9. The summed E-state index contributed by atoms with van der Waals surface area (Å²) >= 11 is 0. The molecule has 86 valence electrons. The first-order valence-electron chi connectivity index (χ1n) is 5.31. The van der Waals surface area contributed by atoms with Gasteiger partial charge in [0, 0.05) is 6.61 Å². The third kappa shape index (κ3) is 4.28. The van der Waals surface area contributed by atoms with Crippen LogP contribution in [0.2, 0.25) is 0 Å². The number of benzene rings is 1. The van der Waals surface area contributed by atoms with E-state index in [1.165, 1.54) is 0 Å². The third-order valence-corrected chi connectivity index (χ3v) is 2.01. The largest absolute Gasteiger partial charge is 0.479 e. The molecule has 0 amide bonds. The fourth-order valence-corrected chi connectivity index (χ4v) is 1.22. The van der Waals surface area contributed by atoms with Gasteiger partial charge >= 0.3 is 5.97 Å². The third-order valence-electron chi connectivity index (χ3n) is 2.01. The van der Waals surface area contributed by atoms with Crippen LogP contribution in [0.3, 0.4) is 0 Å². The number of rotatable bonds is 6. The molecule has 1 aromatic carbocycles. The van der Waals surface area contributed by atoms with E-state index in [1.54, 1.807) is 12.2 Å². The maximum Gasteiger partial charge on any atom is 0.336 e. The molecule has 0 aliphatic carbocycles. The summed E-state index contributed by atoms with van der Waals surface area (Å²) in [6, 6.07) is 9.55. The SMILES string of the molecule is CCCO[C@H](C=Cc1ccccc1)C(=O)O. The average molecular weight is 220 g/mol. The van der Waals surface area contributed by atoms with Crippen molar-refractivity contribution in [2.75, 3.05) is 6.61 Å². The van der Waals surface area contributed by atoms with Crippen molar-refractivity contribution in [3.63, 3.8) is 0 Å². The second-order valence-corrected chi connectivity index (χ2v) is 3.40. The van der Waals surface area contributed by atoms with Crippen LogP contribution < -0.4 is 0 Å². The standard InChI is InChI=1S/C13H16O3/c1-2-10-16-12(13(14)15)9-8-11-6-4-3-5-7-11/h3-9,12H,2,10H2,1H3,(H,14,15)/t12-/m1/s1. The highest BCUT2D eigenvalue weighted by atomic mass is 16.5. The summed E-state index contributed by atoms with van der Waals surface area (Å²) in [5.74, 6) is -0.958. The number of aliphatic carboxylic acids is 1. The van der Waals surface area contributed by atoms with Crippen molar-refractivity contribution in [3.8, 4) is 0 Å². The Balaban J connectivity index is 2.61. The second kappa shape index (κ2) is 6.80. The van der Waals surface area contributed by atoms with Crippen LogP contribution in [0.15, 0.2) is 36.4 Å². The van der Waals surface area contributed by atoms with Crippen molar-refractivity contribution in [2.45, 2.75) is 19.4 Å². The van der Waals surface area contributed by atoms with Crippen LogP contribution in [0.1, 0.15) is 18.9 Å². The zero-order chi connectivity index (χ0) is 11.8. The van der Waals surface area contributed by atoms with Gasteiger partial charge in [-0.1, -0.05) is 43.3 Å². The Kier molecular flexibility index (Phi) is 5.29. The van der Waals surface area contributed by atoms with Gasteiger partial charge < -0.3 is 9.84 Å². The Labute approximate surface area is 95.4 Å². The van der Waals surface area contributed by atoms with Crippen LogP contribution in [0, 0.1) is 0 Å². The molecule has 1 aromatic rings. The second-order valence-electron chi connectivity index (χ2n) is 3.40. The molecule has 0 aliphatic heterocycles. The van der Waals surface area contributed by atoms with Crippen molar-refractivity contribution in [1.82, 2.24) is 0 Å². The van der Waals surface area contributed by atoms with Gasteiger partial charge in [0.2, 0.25) is 0 Å². The molecule has 0 saturated heterocycles. The molecule has 1 atom stereocenters. The Bertz CT molecular complexity index is 343. The molecular formula is C13H16O3. The van der Waals surface area contributed by atoms with Crippen molar-refractivity contribution in [2.24, 2.45) is 0 Å². The van der Waals surface area contributed by atoms with Crippen LogP contribution in [-0.4, -0.2) is 23.8 Å². The monoisotopic (exact) mass is 220 g/mol. The van der Waals surface area contributed by atoms with Crippen molar-refractivity contribution in [1.29, 1.82) is 0 Å². The lowest BCUT2D eigenvalue weighted by atomic mass is 10.2. The van der Waals surface area contributed by atoms with Gasteiger partial charge in [0.15, 0.2) is 6.10 Å². The van der Waals surface area contributed by atoms with E-state index in [2.05, 4.69) is 0 Å². The van der Waals surface area contributed by atoms with Crippen LogP contribution >= 0.6 is 0 Å². The van der Waals surface area contributed by atoms with E-state index < -0.39 is 12.1 Å². The lowest BCUT2D eigenvalue weighted by Gasteiger charge is -2.07. The minimum Gasteiger partial charge on any atom is -0.479 e. The van der Waals surface area contributed by atoms with Crippen molar-refractivity contribution >= 4 is 12.0 Å². The summed E-state index contributed by atoms with van der Waals surface area (Å²) < 4.78 is 5.19. The van der Waals surface area contributed by atoms with Crippen molar-refractivity contribution < 1.29 is 14.6 Å². The van der Waals surface area contributed by atoms with Gasteiger partial charge in [0.1, 0.15) is 0 Å². The average Bonchev–Trinajstić information content (AvgIpc) is 2.30. The van der Waals surface area contributed by atoms with Gasteiger partial charge in [-0.2, -0.15) is 0 Å². The molecule has 0 fully saturated rings. The Morgan fingerprint density at radius 1 is 1.44 bits per heavy atom. The molecule has 0 unspecified atom stereocenters. The Morgan fingerprint density at radius 3 is 2.69 bits per heavy atom. The smallest absolute Gasteiger partial charge is 0.336 e. The van der Waals surface area contributed by atoms with Crippen LogP contribution in [0.25, 0.3) is 6.08 Å². The van der Waals surface area contributed by atoms with E-state index in [1.807, 2.05) is 37.3 Å². The lowest BCUT2D eigenvalue weighted by Crippen LogP contribution is -2.21. The summed E-state index contributed by atoms with van der Waals surface area (Å²) in [7, 11) is 0. The fraction of sp³-hybridized carbons (Fsp3) is 0.308. The normalized spacial score (nSPS) is 12.8. The predicted octanol–water partition coefficient (Wildman–Crippen LogP) is 2.58. The van der Waals surface area contributed by atoms with Gasteiger partial charge in [-0.25, -0.2) is 4.79 Å². The van der Waals surface area contributed by atoms with E-state index in [4.69, 9.17) is 9.84 Å². The summed E-state index contributed by atoms with van der Waals surface area (Å²) in [5.41, 5.74) is 0.967. The number of hydrogen-bond acceptors (Lipinski definition) is 2. The molecule has 0 saturated carbocycles. The number of carboxylic acids is 1. The molecule has 1 rings (SSSR count). The minimum absolute atomic E-state index is 0.454. The van der Waals surface area contributed by atoms with E-state index in [0.29, 0.717) is 6.61 Å². The molecule has 0 spiro atoms. The predicted molar refractivity (Wildman–Crippen MR) is 63.1 cm³/mol. The number of ether oxygens (including phenoxy) is 1. The first-order chi connectivity index (χ1) is 7.74. The lowest BCUT2D eigenvalue weighted by molar-refractivity contribution is -0.147. The zero-order valence-electron chi connectivity index (χ0n) is 9.30. The summed E-state index contributed by atoms with van der Waals surface area (Å²) in [6.45, 7) is 2.40. The fourth-order valence-electron chi connectivity index (χ4n) is 1.22. The topological polar surface area (TPSA) is 46.5 Å². The highest BCUT2D eigenvalue weighted by molar-refractivity contribution is 5.76. The molecule has 0 bridgehead atoms. The first-order valence-corrected chi connectivity index (χ1v) is 5.31. The summed E-state index contributed by atoms with van der Waals surface area (Å²) in [4.78, 5) is 10.9. The Morgan fingerprint density at radius 2 is 2.12 bits per heavy atom. The van der Waals surface area contributed by atoms with Gasteiger partial charge in [-0.3, -0.25) is 0 Å². The minimum atomic E-state index is -0.958. The molecule has 0 aliphatic rings. The van der Waals surface area contributed by atoms with Crippen LogP contribution in [-0.2, 0) is 9.53 Å². The van der Waals surface area contributed by atoms with Crippen LogP contribution in [0.5, 0.6) is 0 Å². The van der Waals surface area contributed by atoms with Gasteiger partial charge in [-0.05, 0) is 18.1 Å². The maximum atomic E-state index is 10.9. The quantitative estimate of drug-likeness (QED) is 0.801. The van der Waals surface area contributed by atoms with E-state index in [0.717, 1.165) is 12.0 Å². The molecule has 3 nitrogen and oxygen atoms in total. The summed E-state index contributed by atoms with van der Waals surface area (Å²) in [6.07, 6.45) is 3.27. The van der Waals surface area contributed by atoms with Gasteiger partial charge in [0.25, 0.3) is 0 Å². The number of carbonyl (C=O) groups is 1. The van der Waals surface area contributed by atoms with E-state index in [-0.39, 0.29) is 0 Å². The molecule has 0 aromatic heterocycles. The van der Waals surface area contributed by atoms with E-state index in [9.17, 15) is 4.79 Å². The molecule has 0 heterocycles. The molecule has 1 N–H and O–H groups in total. The molecule has 16 heavy (non-hydrogen) atoms. The summed E-state index contributed by atoms with van der Waals surface area (Å²) in [5, 5.41) is 8.90. The highest BCUT2D eigenvalue weighted by Gasteiger charge is 2.12. The number of hydrogen-bond donors (Lipinski definition) is 1. The van der Waals surface area contributed by atoms with Gasteiger partial charge in [0.05, 0.1) is 0 Å². The zero-order valence-corrected chi connectivity index (χ0v) is 9.30. The Hall–Kier alpha value is -1.61. The first kappa shape index (κ1) is 12.5. The molecule has 0 radical (unpaired) electrons.